The highest BCUT2D eigenvalue weighted by Crippen LogP contribution is 2.47. The van der Waals surface area contributed by atoms with Gasteiger partial charge in [-0.15, -0.1) is 0 Å². The molecule has 0 fully saturated rings. The number of aromatic nitrogens is 2. The summed E-state index contributed by atoms with van der Waals surface area (Å²) in [6.07, 6.45) is 10.7. The lowest BCUT2D eigenvalue weighted by Crippen LogP contribution is -2.35. The van der Waals surface area contributed by atoms with Crippen molar-refractivity contribution in [3.05, 3.63) is 145 Å². The summed E-state index contributed by atoms with van der Waals surface area (Å²) in [5.41, 5.74) is 9.32. The van der Waals surface area contributed by atoms with Gasteiger partial charge in [0.25, 0.3) is 0 Å². The summed E-state index contributed by atoms with van der Waals surface area (Å²) in [5, 5.41) is 0. The SMILES string of the molecule is C1=CC2c3ccccc3-c3ccccc3N(c3nccc(-c4ccc(-c5ccccc5)cc4)n3)C2C=C1. The number of hydrogen-bond acceptors (Lipinski definition) is 3. The largest absolute Gasteiger partial charge is 0.302 e. The van der Waals surface area contributed by atoms with E-state index in [4.69, 9.17) is 9.97 Å². The number of allylic oxidation sites excluding steroid dienone is 2. The van der Waals surface area contributed by atoms with Gasteiger partial charge in [0.1, 0.15) is 0 Å². The minimum absolute atomic E-state index is 0.0745. The van der Waals surface area contributed by atoms with E-state index < -0.39 is 0 Å². The molecule has 3 nitrogen and oxygen atoms in total. The highest BCUT2D eigenvalue weighted by molar-refractivity contribution is 5.86. The zero-order valence-electron chi connectivity index (χ0n) is 20.3. The number of hydrogen-bond donors (Lipinski definition) is 0. The Hall–Kier alpha value is -4.76. The van der Waals surface area contributed by atoms with Crippen molar-refractivity contribution in [1.82, 2.24) is 9.97 Å². The Morgan fingerprint density at radius 3 is 2.11 bits per heavy atom. The van der Waals surface area contributed by atoms with Crippen molar-refractivity contribution in [1.29, 1.82) is 0 Å². The Bertz CT molecular complexity index is 1630. The van der Waals surface area contributed by atoms with Crippen LogP contribution in [0.1, 0.15) is 11.5 Å². The van der Waals surface area contributed by atoms with Gasteiger partial charge >= 0.3 is 0 Å². The maximum Gasteiger partial charge on any atom is 0.231 e. The topological polar surface area (TPSA) is 29.0 Å². The number of para-hydroxylation sites is 1. The maximum atomic E-state index is 5.12. The number of fused-ring (bicyclic) bond motifs is 5. The van der Waals surface area contributed by atoms with Crippen LogP contribution in [0.4, 0.5) is 11.6 Å². The van der Waals surface area contributed by atoms with Crippen molar-refractivity contribution in [2.45, 2.75) is 12.0 Å². The summed E-state index contributed by atoms with van der Waals surface area (Å²) in [6.45, 7) is 0. The zero-order chi connectivity index (χ0) is 24.6. The molecule has 7 rings (SSSR count). The number of benzene rings is 4. The summed E-state index contributed by atoms with van der Waals surface area (Å²) < 4.78 is 0. The van der Waals surface area contributed by atoms with Crippen LogP contribution in [0.15, 0.2) is 140 Å². The van der Waals surface area contributed by atoms with Gasteiger partial charge in [0.15, 0.2) is 0 Å². The molecule has 0 saturated carbocycles. The fourth-order valence-corrected chi connectivity index (χ4v) is 5.57. The van der Waals surface area contributed by atoms with Crippen LogP contribution in [0.5, 0.6) is 0 Å². The van der Waals surface area contributed by atoms with E-state index in [2.05, 4.69) is 126 Å². The summed E-state index contributed by atoms with van der Waals surface area (Å²) in [4.78, 5) is 12.2. The second-order valence-corrected chi connectivity index (χ2v) is 9.45. The highest BCUT2D eigenvalue weighted by Gasteiger charge is 2.35. The smallest absolute Gasteiger partial charge is 0.231 e. The van der Waals surface area contributed by atoms with E-state index in [1.54, 1.807) is 0 Å². The Balaban J connectivity index is 1.34. The van der Waals surface area contributed by atoms with E-state index in [-0.39, 0.29) is 12.0 Å². The first-order valence-corrected chi connectivity index (χ1v) is 12.7. The lowest BCUT2D eigenvalue weighted by molar-refractivity contribution is 0.684. The molecule has 0 saturated heterocycles. The third kappa shape index (κ3) is 3.76. The summed E-state index contributed by atoms with van der Waals surface area (Å²) >= 11 is 0. The molecule has 1 aliphatic heterocycles. The summed E-state index contributed by atoms with van der Waals surface area (Å²) in [7, 11) is 0. The van der Waals surface area contributed by atoms with Gasteiger partial charge in [0.2, 0.25) is 5.95 Å². The van der Waals surface area contributed by atoms with Gasteiger partial charge in [-0.25, -0.2) is 9.97 Å². The first-order valence-electron chi connectivity index (χ1n) is 12.7. The van der Waals surface area contributed by atoms with Crippen molar-refractivity contribution < 1.29 is 0 Å². The molecule has 2 aliphatic rings. The molecule has 4 aromatic carbocycles. The standard InChI is InChI=1S/C34H25N3/c1-2-10-24(11-3-1)25-18-20-26(21-19-25)31-22-23-35-34(36-31)37-32-16-8-6-14-29(32)27-12-4-5-13-28(27)30-15-7-9-17-33(30)37/h1-23,29,32H. The molecule has 1 aromatic heterocycles. The van der Waals surface area contributed by atoms with Crippen molar-refractivity contribution in [2.24, 2.45) is 0 Å². The van der Waals surface area contributed by atoms with E-state index in [1.807, 2.05) is 18.3 Å². The highest BCUT2D eigenvalue weighted by atomic mass is 15.3. The molecule has 176 valence electrons. The van der Waals surface area contributed by atoms with Gasteiger partial charge in [-0.3, -0.25) is 0 Å². The molecule has 0 N–H and O–H groups in total. The van der Waals surface area contributed by atoms with Crippen LogP contribution < -0.4 is 4.90 Å². The number of rotatable bonds is 3. The van der Waals surface area contributed by atoms with Gasteiger partial charge < -0.3 is 4.90 Å². The van der Waals surface area contributed by atoms with Crippen molar-refractivity contribution >= 4 is 11.6 Å². The van der Waals surface area contributed by atoms with Gasteiger partial charge in [0.05, 0.1) is 17.4 Å². The minimum atomic E-state index is 0.0745. The Morgan fingerprint density at radius 2 is 1.24 bits per heavy atom. The predicted octanol–water partition coefficient (Wildman–Crippen LogP) is 8.21. The van der Waals surface area contributed by atoms with Crippen LogP contribution in [0.2, 0.25) is 0 Å². The molecular weight excluding hydrogens is 450 g/mol. The molecule has 0 amide bonds. The van der Waals surface area contributed by atoms with Crippen LogP contribution in [0, 0.1) is 0 Å². The third-order valence-corrected chi connectivity index (χ3v) is 7.32. The number of anilines is 2. The molecule has 0 spiro atoms. The molecule has 0 radical (unpaired) electrons. The average Bonchev–Trinajstić information content (AvgIpc) is 3.11. The first-order chi connectivity index (χ1) is 18.4. The van der Waals surface area contributed by atoms with E-state index >= 15 is 0 Å². The predicted molar refractivity (Wildman–Crippen MR) is 152 cm³/mol. The van der Waals surface area contributed by atoms with Crippen LogP contribution >= 0.6 is 0 Å². The van der Waals surface area contributed by atoms with Crippen molar-refractivity contribution in [2.75, 3.05) is 4.90 Å². The minimum Gasteiger partial charge on any atom is -0.302 e. The molecule has 1 aliphatic carbocycles. The fourth-order valence-electron chi connectivity index (χ4n) is 5.57. The maximum absolute atomic E-state index is 5.12. The second-order valence-electron chi connectivity index (χ2n) is 9.45. The molecule has 2 atom stereocenters. The summed E-state index contributed by atoms with van der Waals surface area (Å²) in [5.74, 6) is 0.908. The first kappa shape index (κ1) is 21.5. The lowest BCUT2D eigenvalue weighted by atomic mass is 9.85. The zero-order valence-corrected chi connectivity index (χ0v) is 20.3. The van der Waals surface area contributed by atoms with Crippen LogP contribution in [0.25, 0.3) is 33.5 Å². The van der Waals surface area contributed by atoms with Crippen LogP contribution in [-0.4, -0.2) is 16.0 Å². The van der Waals surface area contributed by atoms with Crippen molar-refractivity contribution in [3.63, 3.8) is 0 Å². The third-order valence-electron chi connectivity index (χ3n) is 7.32. The number of nitrogens with zero attached hydrogens (tertiary/aromatic N) is 3. The Morgan fingerprint density at radius 1 is 0.568 bits per heavy atom. The van der Waals surface area contributed by atoms with E-state index in [1.165, 1.54) is 27.8 Å². The van der Waals surface area contributed by atoms with Gasteiger partial charge in [-0.2, -0.15) is 0 Å². The average molecular weight is 476 g/mol. The Labute approximate surface area is 217 Å². The lowest BCUT2D eigenvalue weighted by Gasteiger charge is -2.34. The second kappa shape index (κ2) is 9.03. The van der Waals surface area contributed by atoms with E-state index in [0.29, 0.717) is 5.95 Å². The normalized spacial score (nSPS) is 17.5. The molecule has 3 heteroatoms. The molecule has 2 heterocycles. The van der Waals surface area contributed by atoms with Gasteiger partial charge in [0, 0.05) is 23.2 Å². The monoisotopic (exact) mass is 475 g/mol. The quantitative estimate of drug-likeness (QED) is 0.263. The van der Waals surface area contributed by atoms with Gasteiger partial charge in [-0.1, -0.05) is 121 Å². The van der Waals surface area contributed by atoms with E-state index in [9.17, 15) is 0 Å². The van der Waals surface area contributed by atoms with Crippen LogP contribution in [-0.2, 0) is 0 Å². The molecule has 0 bridgehead atoms. The van der Waals surface area contributed by atoms with Crippen molar-refractivity contribution in [3.8, 4) is 33.5 Å². The Kier molecular flexibility index (Phi) is 5.25. The fraction of sp³-hybridized carbons (Fsp3) is 0.0588. The molecule has 37 heavy (non-hydrogen) atoms. The molecule has 2 unspecified atom stereocenters. The molecular formula is C34H25N3. The van der Waals surface area contributed by atoms with Crippen LogP contribution in [0.3, 0.4) is 0 Å². The van der Waals surface area contributed by atoms with E-state index in [0.717, 1.165) is 16.9 Å². The molecule has 5 aromatic rings. The van der Waals surface area contributed by atoms with Gasteiger partial charge in [-0.05, 0) is 34.4 Å². The summed E-state index contributed by atoms with van der Waals surface area (Å²) in [6, 6.07) is 38.5.